The number of nitro benzene ring substituents is 1. The van der Waals surface area contributed by atoms with Crippen LogP contribution >= 0.6 is 0 Å². The lowest BCUT2D eigenvalue weighted by atomic mass is 10.1. The number of non-ortho nitro benzene ring substituents is 1. The predicted molar refractivity (Wildman–Crippen MR) is 87.8 cm³/mol. The second-order valence-corrected chi connectivity index (χ2v) is 5.58. The summed E-state index contributed by atoms with van der Waals surface area (Å²) in [4.78, 5) is 22.5. The van der Waals surface area contributed by atoms with E-state index in [0.717, 1.165) is 18.2 Å². The molecule has 0 fully saturated rings. The molecular weight excluding hydrogens is 315 g/mol. The Morgan fingerprint density at radius 1 is 1.29 bits per heavy atom. The molecule has 0 aliphatic rings. The first-order valence-electron chi connectivity index (χ1n) is 7.35. The number of amides is 1. The average Bonchev–Trinajstić information content (AvgIpc) is 2.54. The van der Waals surface area contributed by atoms with Crippen molar-refractivity contribution < 1.29 is 18.8 Å². The van der Waals surface area contributed by atoms with E-state index in [-0.39, 0.29) is 22.9 Å². The van der Waals surface area contributed by atoms with Crippen molar-refractivity contribution in [2.45, 2.75) is 13.8 Å². The van der Waals surface area contributed by atoms with Crippen LogP contribution < -0.4 is 10.1 Å². The topological polar surface area (TPSA) is 81.5 Å². The molecule has 0 atom stereocenters. The Balaban J connectivity index is 2.24. The van der Waals surface area contributed by atoms with Gasteiger partial charge < -0.3 is 10.1 Å². The number of anilines is 1. The van der Waals surface area contributed by atoms with Gasteiger partial charge in [-0.3, -0.25) is 14.9 Å². The lowest BCUT2D eigenvalue weighted by Crippen LogP contribution is -2.15. The lowest BCUT2D eigenvalue weighted by molar-refractivity contribution is -0.384. The zero-order valence-electron chi connectivity index (χ0n) is 13.3. The maximum atomic E-state index is 13.8. The lowest BCUT2D eigenvalue weighted by Gasteiger charge is -2.13. The summed E-state index contributed by atoms with van der Waals surface area (Å²) in [5, 5.41) is 13.1. The van der Waals surface area contributed by atoms with Gasteiger partial charge in [-0.15, -0.1) is 0 Å². The molecule has 2 aromatic rings. The maximum Gasteiger partial charge on any atom is 0.271 e. The number of carbonyl (C=O) groups is 1. The Labute approximate surface area is 138 Å². The molecule has 2 aromatic carbocycles. The van der Waals surface area contributed by atoms with Gasteiger partial charge in [0.15, 0.2) is 0 Å². The molecule has 0 aliphatic carbocycles. The Kier molecular flexibility index (Phi) is 5.47. The molecule has 0 radical (unpaired) electrons. The Morgan fingerprint density at radius 3 is 2.67 bits per heavy atom. The fourth-order valence-electron chi connectivity index (χ4n) is 1.95. The van der Waals surface area contributed by atoms with Gasteiger partial charge in [0.05, 0.1) is 22.8 Å². The summed E-state index contributed by atoms with van der Waals surface area (Å²) in [5.74, 6) is -0.715. The van der Waals surface area contributed by atoms with E-state index in [1.165, 1.54) is 0 Å². The fraction of sp³-hybridized carbons (Fsp3) is 0.235. The van der Waals surface area contributed by atoms with Crippen LogP contribution in [0.3, 0.4) is 0 Å². The van der Waals surface area contributed by atoms with Crippen LogP contribution in [-0.2, 0) is 0 Å². The summed E-state index contributed by atoms with van der Waals surface area (Å²) >= 11 is 0. The van der Waals surface area contributed by atoms with Crippen molar-refractivity contribution in [1.82, 2.24) is 0 Å². The minimum Gasteiger partial charge on any atom is -0.492 e. The van der Waals surface area contributed by atoms with Gasteiger partial charge in [-0.1, -0.05) is 26.0 Å². The summed E-state index contributed by atoms with van der Waals surface area (Å²) in [5.41, 5.74) is -0.340. The first-order chi connectivity index (χ1) is 11.4. The number of hydrogen-bond donors (Lipinski definition) is 1. The summed E-state index contributed by atoms with van der Waals surface area (Å²) < 4.78 is 19.4. The monoisotopic (exact) mass is 332 g/mol. The molecule has 0 aliphatic heterocycles. The molecule has 7 heteroatoms. The van der Waals surface area contributed by atoms with Gasteiger partial charge in [-0.05, 0) is 24.1 Å². The predicted octanol–water partition coefficient (Wildman–Crippen LogP) is 4.02. The van der Waals surface area contributed by atoms with Gasteiger partial charge in [0.2, 0.25) is 0 Å². The number of nitro groups is 1. The largest absolute Gasteiger partial charge is 0.492 e. The smallest absolute Gasteiger partial charge is 0.271 e. The van der Waals surface area contributed by atoms with Crippen molar-refractivity contribution in [1.29, 1.82) is 0 Å². The number of halogens is 1. The molecule has 0 bridgehead atoms. The molecule has 126 valence electrons. The second-order valence-electron chi connectivity index (χ2n) is 5.58. The minimum atomic E-state index is -0.755. The molecule has 1 amide bonds. The van der Waals surface area contributed by atoms with Crippen LogP contribution in [0.1, 0.15) is 24.2 Å². The third-order valence-corrected chi connectivity index (χ3v) is 3.11. The first-order valence-corrected chi connectivity index (χ1v) is 7.35. The van der Waals surface area contributed by atoms with E-state index in [1.807, 2.05) is 13.8 Å². The molecule has 2 rings (SSSR count). The molecule has 0 aromatic heterocycles. The van der Waals surface area contributed by atoms with Crippen LogP contribution in [-0.4, -0.2) is 17.4 Å². The molecular formula is C17H17FN2O4. The molecule has 0 saturated heterocycles. The highest BCUT2D eigenvalue weighted by Crippen LogP contribution is 2.24. The van der Waals surface area contributed by atoms with E-state index >= 15 is 0 Å². The van der Waals surface area contributed by atoms with Crippen LogP contribution in [0.5, 0.6) is 5.75 Å². The van der Waals surface area contributed by atoms with Gasteiger partial charge in [0.25, 0.3) is 11.6 Å². The second kappa shape index (κ2) is 7.54. The average molecular weight is 332 g/mol. The minimum absolute atomic E-state index is 0.226. The van der Waals surface area contributed by atoms with Crippen molar-refractivity contribution in [2.24, 2.45) is 5.92 Å². The summed E-state index contributed by atoms with van der Waals surface area (Å²) in [6.07, 6.45) is 0. The number of carbonyl (C=O) groups excluding carboxylic acids is 1. The number of rotatable bonds is 6. The Morgan fingerprint density at radius 2 is 2.00 bits per heavy atom. The molecule has 24 heavy (non-hydrogen) atoms. The van der Waals surface area contributed by atoms with Crippen LogP contribution in [0.2, 0.25) is 0 Å². The van der Waals surface area contributed by atoms with Gasteiger partial charge in [-0.25, -0.2) is 4.39 Å². The van der Waals surface area contributed by atoms with E-state index < -0.39 is 16.6 Å². The zero-order chi connectivity index (χ0) is 17.7. The number of ether oxygens (including phenoxy) is 1. The van der Waals surface area contributed by atoms with Crippen molar-refractivity contribution in [3.8, 4) is 5.75 Å². The fourth-order valence-corrected chi connectivity index (χ4v) is 1.95. The van der Waals surface area contributed by atoms with Crippen LogP contribution in [0.4, 0.5) is 15.8 Å². The molecule has 1 N–H and O–H groups in total. The first kappa shape index (κ1) is 17.4. The van der Waals surface area contributed by atoms with Gasteiger partial charge >= 0.3 is 0 Å². The summed E-state index contributed by atoms with van der Waals surface area (Å²) in [6.45, 7) is 4.37. The molecule has 6 nitrogen and oxygen atoms in total. The summed E-state index contributed by atoms with van der Waals surface area (Å²) in [6, 6.07) is 9.51. The normalized spacial score (nSPS) is 10.5. The third-order valence-electron chi connectivity index (χ3n) is 3.11. The van der Waals surface area contributed by atoms with Crippen molar-refractivity contribution in [3.05, 3.63) is 64.0 Å². The van der Waals surface area contributed by atoms with Crippen LogP contribution in [0.25, 0.3) is 0 Å². The van der Waals surface area contributed by atoms with E-state index in [4.69, 9.17) is 4.74 Å². The molecule has 0 unspecified atom stereocenters. The van der Waals surface area contributed by atoms with Gasteiger partial charge in [-0.2, -0.15) is 0 Å². The standard InChI is InChI=1S/C17H17FN2O4/c1-11(2)10-24-16-6-4-3-5-13(16)17(21)19-15-9-12(20(22)23)7-8-14(15)18/h3-9,11H,10H2,1-2H3,(H,19,21). The number of benzene rings is 2. The van der Waals surface area contributed by atoms with E-state index in [1.54, 1.807) is 24.3 Å². The molecule has 0 spiro atoms. The van der Waals surface area contributed by atoms with Crippen molar-refractivity contribution in [3.63, 3.8) is 0 Å². The maximum absolute atomic E-state index is 13.8. The summed E-state index contributed by atoms with van der Waals surface area (Å²) in [7, 11) is 0. The third kappa shape index (κ3) is 4.28. The highest BCUT2D eigenvalue weighted by Gasteiger charge is 2.17. The highest BCUT2D eigenvalue weighted by atomic mass is 19.1. The highest BCUT2D eigenvalue weighted by molar-refractivity contribution is 6.06. The Hall–Kier alpha value is -2.96. The van der Waals surface area contributed by atoms with Crippen LogP contribution in [0.15, 0.2) is 42.5 Å². The molecule has 0 heterocycles. The number of nitrogens with zero attached hydrogens (tertiary/aromatic N) is 1. The SMILES string of the molecule is CC(C)COc1ccccc1C(=O)Nc1cc([N+](=O)[O-])ccc1F. The van der Waals surface area contributed by atoms with Crippen molar-refractivity contribution in [2.75, 3.05) is 11.9 Å². The van der Waals surface area contributed by atoms with Crippen LogP contribution in [0, 0.1) is 21.8 Å². The zero-order valence-corrected chi connectivity index (χ0v) is 13.3. The van der Waals surface area contributed by atoms with Gasteiger partial charge in [0.1, 0.15) is 11.6 Å². The van der Waals surface area contributed by atoms with Gasteiger partial charge in [0, 0.05) is 12.1 Å². The van der Waals surface area contributed by atoms with E-state index in [2.05, 4.69) is 5.32 Å². The number of nitrogens with one attached hydrogen (secondary N) is 1. The van der Waals surface area contributed by atoms with E-state index in [0.29, 0.717) is 12.4 Å². The number of para-hydroxylation sites is 1. The number of hydrogen-bond acceptors (Lipinski definition) is 4. The molecule has 0 saturated carbocycles. The Bertz CT molecular complexity index is 762. The van der Waals surface area contributed by atoms with E-state index in [9.17, 15) is 19.3 Å². The van der Waals surface area contributed by atoms with Crippen molar-refractivity contribution >= 4 is 17.3 Å². The quantitative estimate of drug-likeness (QED) is 0.640.